The van der Waals surface area contributed by atoms with Gasteiger partial charge in [0.1, 0.15) is 11.4 Å². The number of benzene rings is 2. The van der Waals surface area contributed by atoms with Crippen molar-refractivity contribution in [3.8, 4) is 5.75 Å². The van der Waals surface area contributed by atoms with Gasteiger partial charge in [-0.05, 0) is 92.0 Å². The van der Waals surface area contributed by atoms with Gasteiger partial charge in [-0.2, -0.15) is 8.78 Å². The van der Waals surface area contributed by atoms with E-state index >= 15 is 0 Å². The highest BCUT2D eigenvalue weighted by Gasteiger charge is 2.58. The molecule has 4 aliphatic rings. The molecule has 35 heavy (non-hydrogen) atoms. The molecular formula is C28H30F2O5. The molecule has 1 unspecified atom stereocenters. The number of hydrogen-bond donors (Lipinski definition) is 1. The van der Waals surface area contributed by atoms with Gasteiger partial charge in [-0.1, -0.05) is 37.3 Å². The molecule has 0 saturated heterocycles. The van der Waals surface area contributed by atoms with Gasteiger partial charge in [-0.3, -0.25) is 0 Å². The second-order valence-electron chi connectivity index (χ2n) is 10.4. The molecule has 0 aliphatic heterocycles. The van der Waals surface area contributed by atoms with Gasteiger partial charge in [0.15, 0.2) is 0 Å². The second-order valence-corrected chi connectivity index (χ2v) is 10.4. The first kappa shape index (κ1) is 23.8. The third-order valence-electron chi connectivity index (χ3n) is 8.41. The van der Waals surface area contributed by atoms with Crippen LogP contribution in [0, 0.1) is 23.7 Å². The van der Waals surface area contributed by atoms with Crippen molar-refractivity contribution in [3.05, 3.63) is 65.7 Å². The minimum absolute atomic E-state index is 0.0510. The first-order valence-electron chi connectivity index (χ1n) is 12.4. The largest absolute Gasteiger partial charge is 0.487 e. The zero-order valence-corrected chi connectivity index (χ0v) is 19.7. The van der Waals surface area contributed by atoms with Crippen LogP contribution in [-0.2, 0) is 9.53 Å². The Morgan fingerprint density at radius 2 is 1.54 bits per heavy atom. The van der Waals surface area contributed by atoms with Crippen molar-refractivity contribution in [1.82, 2.24) is 0 Å². The van der Waals surface area contributed by atoms with Crippen LogP contribution in [0.15, 0.2) is 54.6 Å². The number of carbonyl (C=O) groups is 2. The normalized spacial score (nSPS) is 30.0. The lowest BCUT2D eigenvalue weighted by Gasteiger charge is -2.60. The minimum atomic E-state index is -4.28. The third kappa shape index (κ3) is 4.19. The van der Waals surface area contributed by atoms with Crippen molar-refractivity contribution in [3.63, 3.8) is 0 Å². The van der Waals surface area contributed by atoms with Gasteiger partial charge in [0, 0.05) is 0 Å². The van der Waals surface area contributed by atoms with Gasteiger partial charge in [0.05, 0.1) is 5.56 Å². The highest BCUT2D eigenvalue weighted by molar-refractivity contribution is 5.90. The Bertz CT molecular complexity index is 1050. The predicted molar refractivity (Wildman–Crippen MR) is 124 cm³/mol. The number of halogens is 2. The fourth-order valence-electron chi connectivity index (χ4n) is 6.94. The highest BCUT2D eigenvalue weighted by Crippen LogP contribution is 2.60. The number of alkyl halides is 2. The Morgan fingerprint density at radius 3 is 2.06 bits per heavy atom. The molecule has 0 radical (unpaired) electrons. The van der Waals surface area contributed by atoms with Crippen LogP contribution < -0.4 is 4.74 Å². The molecule has 186 valence electrons. The number of esters is 1. The minimum Gasteiger partial charge on any atom is -0.487 e. The van der Waals surface area contributed by atoms with Crippen LogP contribution in [0.1, 0.15) is 67.5 Å². The number of hydrogen-bond acceptors (Lipinski definition) is 4. The average molecular weight is 485 g/mol. The summed E-state index contributed by atoms with van der Waals surface area (Å²) in [6, 6.07) is 13.5. The number of rotatable bonds is 8. The summed E-state index contributed by atoms with van der Waals surface area (Å²) < 4.78 is 40.5. The lowest BCUT2D eigenvalue weighted by molar-refractivity contribution is -0.183. The van der Waals surface area contributed by atoms with E-state index in [1.807, 2.05) is 0 Å². The zero-order chi connectivity index (χ0) is 24.8. The topological polar surface area (TPSA) is 72.8 Å². The SMILES string of the molecule is CCC1(Oc2ccc(C(=O)OC(c3ccccc3)C(F)(F)C(=O)O)cc2)C2CC3CC(C2)CC1C3. The van der Waals surface area contributed by atoms with Crippen LogP contribution in [0.5, 0.6) is 5.75 Å². The van der Waals surface area contributed by atoms with Gasteiger partial charge >= 0.3 is 17.9 Å². The summed E-state index contributed by atoms with van der Waals surface area (Å²) in [5.74, 6) is -4.30. The molecular weight excluding hydrogens is 454 g/mol. The molecule has 0 amide bonds. The highest BCUT2D eigenvalue weighted by atomic mass is 19.3. The van der Waals surface area contributed by atoms with Gasteiger partial charge in [0.2, 0.25) is 6.10 Å². The molecule has 2 aromatic rings. The van der Waals surface area contributed by atoms with Crippen molar-refractivity contribution in [2.45, 2.75) is 63.1 Å². The van der Waals surface area contributed by atoms with E-state index in [2.05, 4.69) is 6.92 Å². The molecule has 4 fully saturated rings. The lowest BCUT2D eigenvalue weighted by atomic mass is 9.49. The van der Waals surface area contributed by atoms with Gasteiger partial charge in [-0.25, -0.2) is 9.59 Å². The summed E-state index contributed by atoms with van der Waals surface area (Å²) in [5, 5.41) is 9.03. The number of carbonyl (C=O) groups excluding carboxylic acids is 1. The summed E-state index contributed by atoms with van der Waals surface area (Å²) in [6.07, 6.45) is 4.88. The molecule has 6 rings (SSSR count). The van der Waals surface area contributed by atoms with Gasteiger partial charge in [0.25, 0.3) is 0 Å². The summed E-state index contributed by atoms with van der Waals surface area (Å²) >= 11 is 0. The predicted octanol–water partition coefficient (Wildman–Crippen LogP) is 6.29. The molecule has 4 saturated carbocycles. The fraction of sp³-hybridized carbons (Fsp3) is 0.500. The van der Waals surface area contributed by atoms with Crippen LogP contribution in [0.25, 0.3) is 0 Å². The van der Waals surface area contributed by atoms with Crippen molar-refractivity contribution in [2.24, 2.45) is 23.7 Å². The maximum atomic E-state index is 14.4. The maximum absolute atomic E-state index is 14.4. The third-order valence-corrected chi connectivity index (χ3v) is 8.41. The van der Waals surface area contributed by atoms with Crippen molar-refractivity contribution >= 4 is 11.9 Å². The molecule has 1 N–H and O–H groups in total. The summed E-state index contributed by atoms with van der Waals surface area (Å²) in [6.45, 7) is 2.18. The van der Waals surface area contributed by atoms with E-state index in [0.29, 0.717) is 17.6 Å². The molecule has 0 spiro atoms. The number of carboxylic acids is 1. The second kappa shape index (κ2) is 8.92. The van der Waals surface area contributed by atoms with E-state index in [9.17, 15) is 18.4 Å². The molecule has 7 heteroatoms. The monoisotopic (exact) mass is 484 g/mol. The first-order chi connectivity index (χ1) is 16.7. The Balaban J connectivity index is 1.33. The molecule has 2 aromatic carbocycles. The van der Waals surface area contributed by atoms with Crippen molar-refractivity contribution in [1.29, 1.82) is 0 Å². The van der Waals surface area contributed by atoms with Crippen LogP contribution in [0.2, 0.25) is 0 Å². The summed E-state index contributed by atoms with van der Waals surface area (Å²) in [4.78, 5) is 23.9. The summed E-state index contributed by atoms with van der Waals surface area (Å²) in [5.41, 5.74) is -0.243. The Hall–Kier alpha value is -2.96. The molecule has 4 bridgehead atoms. The van der Waals surface area contributed by atoms with E-state index in [1.165, 1.54) is 68.5 Å². The van der Waals surface area contributed by atoms with E-state index in [-0.39, 0.29) is 16.7 Å². The van der Waals surface area contributed by atoms with E-state index < -0.39 is 24.0 Å². The number of carboxylic acid groups (broad SMARTS) is 1. The van der Waals surface area contributed by atoms with Crippen molar-refractivity contribution in [2.75, 3.05) is 0 Å². The quantitative estimate of drug-likeness (QED) is 0.446. The smallest absolute Gasteiger partial charge is 0.382 e. The van der Waals surface area contributed by atoms with Crippen molar-refractivity contribution < 1.29 is 33.0 Å². The van der Waals surface area contributed by atoms with Gasteiger partial charge < -0.3 is 14.6 Å². The fourth-order valence-corrected chi connectivity index (χ4v) is 6.94. The maximum Gasteiger partial charge on any atom is 0.382 e. The molecule has 5 nitrogen and oxygen atoms in total. The Labute approximate surface area is 203 Å². The van der Waals surface area contributed by atoms with Crippen LogP contribution in [0.3, 0.4) is 0 Å². The Morgan fingerprint density at radius 1 is 0.971 bits per heavy atom. The first-order valence-corrected chi connectivity index (χ1v) is 12.4. The molecule has 4 aliphatic carbocycles. The zero-order valence-electron chi connectivity index (χ0n) is 19.7. The van der Waals surface area contributed by atoms with E-state index in [4.69, 9.17) is 14.6 Å². The molecule has 0 aromatic heterocycles. The van der Waals surface area contributed by atoms with Crippen LogP contribution in [-0.4, -0.2) is 28.6 Å². The van der Waals surface area contributed by atoms with E-state index in [1.54, 1.807) is 18.2 Å². The van der Waals surface area contributed by atoms with Crippen LogP contribution in [0.4, 0.5) is 8.78 Å². The molecule has 0 heterocycles. The Kier molecular flexibility index (Phi) is 6.06. The lowest BCUT2D eigenvalue weighted by Crippen LogP contribution is -2.60. The standard InChI is InChI=1S/C28H30F2O5/c1-2-27(21-13-17-12-18(15-21)16-22(27)14-17)35-23-10-8-20(9-11-23)25(31)34-24(28(29,30)26(32)33)19-6-4-3-5-7-19/h3-11,17-18,21-22,24H,2,12-16H2,1H3,(H,32,33). The molecule has 1 atom stereocenters. The van der Waals surface area contributed by atoms with Gasteiger partial charge in [-0.15, -0.1) is 0 Å². The number of aliphatic carboxylic acids is 1. The summed E-state index contributed by atoms with van der Waals surface area (Å²) in [7, 11) is 0. The number of ether oxygens (including phenoxy) is 2. The van der Waals surface area contributed by atoms with Crippen LogP contribution >= 0.6 is 0 Å². The average Bonchev–Trinajstić information content (AvgIpc) is 2.85. The van der Waals surface area contributed by atoms with E-state index in [0.717, 1.165) is 18.3 Å².